The van der Waals surface area contributed by atoms with Crippen molar-refractivity contribution in [3.8, 4) is 11.4 Å². The van der Waals surface area contributed by atoms with Gasteiger partial charge in [0, 0.05) is 37.4 Å². The summed E-state index contributed by atoms with van der Waals surface area (Å²) in [5.74, 6) is 0.764. The first kappa shape index (κ1) is 23.8. The van der Waals surface area contributed by atoms with Crippen LogP contribution in [-0.2, 0) is 4.79 Å². The molecule has 6 nitrogen and oxygen atoms in total. The Balaban J connectivity index is 1.54. The zero-order valence-electron chi connectivity index (χ0n) is 20.9. The van der Waals surface area contributed by atoms with Gasteiger partial charge in [-0.05, 0) is 36.6 Å². The van der Waals surface area contributed by atoms with E-state index in [1.807, 2.05) is 71.6 Å². The van der Waals surface area contributed by atoms with E-state index in [0.29, 0.717) is 36.2 Å². The van der Waals surface area contributed by atoms with Crippen molar-refractivity contribution in [1.82, 2.24) is 14.5 Å². The summed E-state index contributed by atoms with van der Waals surface area (Å²) in [5.41, 5.74) is 2.48. The highest BCUT2D eigenvalue weighted by atomic mass is 16.2. The van der Waals surface area contributed by atoms with E-state index >= 15 is 0 Å². The molecular formula is C30H32N4O2. The quantitative estimate of drug-likeness (QED) is 0.390. The van der Waals surface area contributed by atoms with E-state index in [1.165, 1.54) is 5.69 Å². The molecule has 1 atom stereocenters. The fourth-order valence-corrected chi connectivity index (χ4v) is 5.02. The monoisotopic (exact) mass is 480 g/mol. The number of piperazine rings is 1. The lowest BCUT2D eigenvalue weighted by molar-refractivity contribution is -0.135. The molecule has 2 heterocycles. The Bertz CT molecular complexity index is 1390. The van der Waals surface area contributed by atoms with Crippen LogP contribution in [0.1, 0.15) is 26.3 Å². The molecule has 3 aromatic carbocycles. The molecule has 184 valence electrons. The van der Waals surface area contributed by atoms with Gasteiger partial charge in [0.1, 0.15) is 11.9 Å². The molecule has 5 rings (SSSR count). The lowest BCUT2D eigenvalue weighted by atomic mass is 10.0. The minimum atomic E-state index is -0.618. The normalized spacial score (nSPS) is 14.9. The summed E-state index contributed by atoms with van der Waals surface area (Å²) >= 11 is 0. The Morgan fingerprint density at radius 2 is 1.44 bits per heavy atom. The number of anilines is 1. The third-order valence-corrected chi connectivity index (χ3v) is 6.84. The van der Waals surface area contributed by atoms with Crippen LogP contribution in [-0.4, -0.2) is 46.5 Å². The number of para-hydroxylation sites is 2. The number of hydrogen-bond acceptors (Lipinski definition) is 4. The first-order chi connectivity index (χ1) is 17.5. The second-order valence-corrected chi connectivity index (χ2v) is 9.79. The Hall–Kier alpha value is -3.93. The molecule has 0 spiro atoms. The fourth-order valence-electron chi connectivity index (χ4n) is 5.02. The number of fused-ring (bicyclic) bond motifs is 1. The van der Waals surface area contributed by atoms with Crippen molar-refractivity contribution in [3.05, 3.63) is 95.3 Å². The summed E-state index contributed by atoms with van der Waals surface area (Å²) in [6.45, 7) is 6.96. The molecule has 36 heavy (non-hydrogen) atoms. The first-order valence-corrected chi connectivity index (χ1v) is 12.7. The summed E-state index contributed by atoms with van der Waals surface area (Å²) in [6.07, 6.45) is 0.567. The van der Waals surface area contributed by atoms with Gasteiger partial charge in [0.25, 0.3) is 5.56 Å². The highest BCUT2D eigenvalue weighted by molar-refractivity contribution is 5.84. The molecule has 1 amide bonds. The molecule has 1 aliphatic heterocycles. The van der Waals surface area contributed by atoms with E-state index in [1.54, 1.807) is 10.6 Å². The molecule has 1 unspecified atom stereocenters. The second kappa shape index (κ2) is 10.4. The smallest absolute Gasteiger partial charge is 0.262 e. The summed E-state index contributed by atoms with van der Waals surface area (Å²) in [5, 5.41) is 0.535. The number of amides is 1. The molecule has 1 aromatic heterocycles. The molecule has 0 saturated carbocycles. The highest BCUT2D eigenvalue weighted by Crippen LogP contribution is 2.28. The zero-order chi connectivity index (χ0) is 25.1. The largest absolute Gasteiger partial charge is 0.368 e. The van der Waals surface area contributed by atoms with Gasteiger partial charge in [0.05, 0.1) is 10.9 Å². The van der Waals surface area contributed by atoms with Gasteiger partial charge in [-0.2, -0.15) is 0 Å². The van der Waals surface area contributed by atoms with Gasteiger partial charge in [-0.15, -0.1) is 0 Å². The molecule has 4 aromatic rings. The molecule has 0 aliphatic carbocycles. The van der Waals surface area contributed by atoms with Crippen molar-refractivity contribution >= 4 is 22.5 Å². The number of benzene rings is 3. The van der Waals surface area contributed by atoms with Crippen molar-refractivity contribution in [3.63, 3.8) is 0 Å². The third kappa shape index (κ3) is 4.76. The van der Waals surface area contributed by atoms with Crippen molar-refractivity contribution in [2.45, 2.75) is 26.3 Å². The van der Waals surface area contributed by atoms with Gasteiger partial charge < -0.3 is 9.80 Å². The van der Waals surface area contributed by atoms with Gasteiger partial charge in [-0.25, -0.2) is 4.98 Å². The molecular weight excluding hydrogens is 448 g/mol. The van der Waals surface area contributed by atoms with Gasteiger partial charge in [0.15, 0.2) is 0 Å². The van der Waals surface area contributed by atoms with Gasteiger partial charge in [-0.3, -0.25) is 14.2 Å². The zero-order valence-corrected chi connectivity index (χ0v) is 20.9. The lowest BCUT2D eigenvalue weighted by Gasteiger charge is -2.38. The van der Waals surface area contributed by atoms with Crippen molar-refractivity contribution in [2.75, 3.05) is 31.1 Å². The van der Waals surface area contributed by atoms with Crippen LogP contribution in [0, 0.1) is 5.92 Å². The van der Waals surface area contributed by atoms with Gasteiger partial charge in [0.2, 0.25) is 5.91 Å². The van der Waals surface area contributed by atoms with E-state index in [2.05, 4.69) is 30.9 Å². The second-order valence-electron chi connectivity index (χ2n) is 9.79. The number of carbonyl (C=O) groups excluding carboxylic acids is 1. The van der Waals surface area contributed by atoms with Crippen LogP contribution in [0.5, 0.6) is 0 Å². The maximum Gasteiger partial charge on any atom is 0.262 e. The third-order valence-electron chi connectivity index (χ3n) is 6.84. The van der Waals surface area contributed by atoms with E-state index < -0.39 is 6.04 Å². The van der Waals surface area contributed by atoms with Crippen LogP contribution < -0.4 is 10.5 Å². The average molecular weight is 481 g/mol. The van der Waals surface area contributed by atoms with Crippen LogP contribution in [0.4, 0.5) is 5.69 Å². The van der Waals surface area contributed by atoms with Crippen molar-refractivity contribution < 1.29 is 4.79 Å². The maximum atomic E-state index is 14.1. The lowest BCUT2D eigenvalue weighted by Crippen LogP contribution is -2.51. The molecule has 0 radical (unpaired) electrons. The Morgan fingerprint density at radius 3 is 2.11 bits per heavy atom. The highest BCUT2D eigenvalue weighted by Gasteiger charge is 2.32. The van der Waals surface area contributed by atoms with Crippen LogP contribution >= 0.6 is 0 Å². The number of rotatable bonds is 6. The van der Waals surface area contributed by atoms with Crippen LogP contribution in [0.15, 0.2) is 89.7 Å². The molecule has 6 heteroatoms. The topological polar surface area (TPSA) is 58.4 Å². The number of nitrogens with zero attached hydrogens (tertiary/aromatic N) is 4. The van der Waals surface area contributed by atoms with Gasteiger partial charge in [-0.1, -0.05) is 74.5 Å². The number of hydrogen-bond donors (Lipinski definition) is 0. The Kier molecular flexibility index (Phi) is 6.85. The van der Waals surface area contributed by atoms with Crippen LogP contribution in [0.2, 0.25) is 0 Å². The number of aromatic nitrogens is 2. The predicted molar refractivity (Wildman–Crippen MR) is 145 cm³/mol. The molecule has 0 bridgehead atoms. The van der Waals surface area contributed by atoms with Crippen molar-refractivity contribution in [2.24, 2.45) is 5.92 Å². The maximum absolute atomic E-state index is 14.1. The summed E-state index contributed by atoms with van der Waals surface area (Å²) in [4.78, 5) is 37.1. The SMILES string of the molecule is CC(C)CC(C(=O)N1CCN(c2ccccc2)CC1)n1c(-c2ccccc2)nc2ccccc2c1=O. The van der Waals surface area contributed by atoms with Crippen molar-refractivity contribution in [1.29, 1.82) is 0 Å². The Labute approximate surface area is 211 Å². The van der Waals surface area contributed by atoms with E-state index in [9.17, 15) is 9.59 Å². The summed E-state index contributed by atoms with van der Waals surface area (Å²) in [7, 11) is 0. The standard InChI is InChI=1S/C30H32N4O2/c1-22(2)21-27(30(36)33-19-17-32(18-20-33)24-13-7-4-8-14-24)34-28(23-11-5-3-6-12-23)31-26-16-10-9-15-25(26)29(34)35/h3-16,22,27H,17-21H2,1-2H3. The molecule has 1 fully saturated rings. The summed E-state index contributed by atoms with van der Waals surface area (Å²) in [6, 6.07) is 26.8. The molecule has 0 N–H and O–H groups in total. The predicted octanol–water partition coefficient (Wildman–Crippen LogP) is 5.00. The fraction of sp³-hybridized carbons (Fsp3) is 0.300. The van der Waals surface area contributed by atoms with Gasteiger partial charge >= 0.3 is 0 Å². The molecule has 1 saturated heterocycles. The minimum absolute atomic E-state index is 0.00669. The number of carbonyl (C=O) groups is 1. The summed E-state index contributed by atoms with van der Waals surface area (Å²) < 4.78 is 1.66. The van der Waals surface area contributed by atoms with E-state index in [-0.39, 0.29) is 17.4 Å². The molecule has 1 aliphatic rings. The van der Waals surface area contributed by atoms with E-state index in [4.69, 9.17) is 4.98 Å². The first-order valence-electron chi connectivity index (χ1n) is 12.7. The average Bonchev–Trinajstić information content (AvgIpc) is 2.92. The van der Waals surface area contributed by atoms with Crippen LogP contribution in [0.3, 0.4) is 0 Å². The Morgan fingerprint density at radius 1 is 0.833 bits per heavy atom. The van der Waals surface area contributed by atoms with Crippen LogP contribution in [0.25, 0.3) is 22.3 Å². The van der Waals surface area contributed by atoms with E-state index in [0.717, 1.165) is 18.7 Å². The minimum Gasteiger partial charge on any atom is -0.368 e.